The molecule has 2 unspecified atom stereocenters. The molecule has 0 aromatic rings. The molecule has 1 rings (SSSR count). The smallest absolute Gasteiger partial charge is 0.224 e. The summed E-state index contributed by atoms with van der Waals surface area (Å²) in [5, 5.41) is 10.3. The topological polar surface area (TPSA) is 69.8 Å². The quantitative estimate of drug-likeness (QED) is 0.638. The lowest BCUT2D eigenvalue weighted by atomic mass is 9.96. The molecule has 15 heavy (non-hydrogen) atoms. The van der Waals surface area contributed by atoms with Crippen LogP contribution in [0, 0.1) is 5.92 Å². The van der Waals surface area contributed by atoms with Gasteiger partial charge in [-0.25, -0.2) is 0 Å². The van der Waals surface area contributed by atoms with Crippen LogP contribution < -0.4 is 5.73 Å². The van der Waals surface area contributed by atoms with Gasteiger partial charge in [0.25, 0.3) is 0 Å². The molecule has 0 radical (unpaired) electrons. The second kappa shape index (κ2) is 4.47. The lowest BCUT2D eigenvalue weighted by Crippen LogP contribution is -2.59. The average Bonchev–Trinajstić information content (AvgIpc) is 2.17. The van der Waals surface area contributed by atoms with E-state index in [-0.39, 0.29) is 0 Å². The second-order valence-corrected chi connectivity index (χ2v) is 4.51. The zero-order chi connectivity index (χ0) is 11.6. The summed E-state index contributed by atoms with van der Waals surface area (Å²) < 4.78 is 0. The molecule has 0 aromatic carbocycles. The molecule has 0 aliphatic carbocycles. The molecular weight excluding hydrogens is 194 g/mol. The van der Waals surface area contributed by atoms with Crippen LogP contribution in [0.3, 0.4) is 0 Å². The van der Waals surface area contributed by atoms with Crippen molar-refractivity contribution < 1.29 is 9.90 Å². The van der Waals surface area contributed by atoms with Crippen LogP contribution in [0.2, 0.25) is 0 Å². The largest absolute Gasteiger partial charge is 0.375 e. The van der Waals surface area contributed by atoms with Crippen molar-refractivity contribution in [1.29, 1.82) is 0 Å². The fraction of sp³-hybridized carbons (Fsp3) is 0.900. The summed E-state index contributed by atoms with van der Waals surface area (Å²) in [4.78, 5) is 15.2. The van der Waals surface area contributed by atoms with E-state index in [9.17, 15) is 9.90 Å². The molecule has 1 heterocycles. The van der Waals surface area contributed by atoms with E-state index in [4.69, 9.17) is 5.73 Å². The Kier molecular flexibility index (Phi) is 3.70. The van der Waals surface area contributed by atoms with Gasteiger partial charge >= 0.3 is 0 Å². The van der Waals surface area contributed by atoms with Gasteiger partial charge in [0.1, 0.15) is 5.72 Å². The lowest BCUT2D eigenvalue weighted by Gasteiger charge is -2.44. The average molecular weight is 215 g/mol. The number of hydrogen-bond acceptors (Lipinski definition) is 4. The summed E-state index contributed by atoms with van der Waals surface area (Å²) in [6.07, 6.45) is 0. The highest BCUT2D eigenvalue weighted by Crippen LogP contribution is 2.22. The van der Waals surface area contributed by atoms with Gasteiger partial charge in [-0.05, 0) is 20.9 Å². The molecule has 0 saturated carbocycles. The number of aliphatic hydroxyl groups is 1. The first-order valence-electron chi connectivity index (χ1n) is 5.31. The zero-order valence-corrected chi connectivity index (χ0v) is 9.73. The van der Waals surface area contributed by atoms with E-state index >= 15 is 0 Å². The maximum absolute atomic E-state index is 11.1. The predicted molar refractivity (Wildman–Crippen MR) is 58.1 cm³/mol. The van der Waals surface area contributed by atoms with Crippen molar-refractivity contribution >= 4 is 5.91 Å². The van der Waals surface area contributed by atoms with E-state index in [0.717, 1.165) is 26.2 Å². The SMILES string of the molecule is CC(C(N)=O)C(C)(O)N1CCN(C)CC1. The standard InChI is InChI=1S/C10H21N3O2/c1-8(9(11)14)10(2,15)13-6-4-12(3)5-7-13/h8,15H,4-7H2,1-3H3,(H2,11,14). The molecule has 1 saturated heterocycles. The van der Waals surface area contributed by atoms with Gasteiger partial charge in [-0.1, -0.05) is 0 Å². The van der Waals surface area contributed by atoms with Crippen LogP contribution in [0.1, 0.15) is 13.8 Å². The maximum Gasteiger partial charge on any atom is 0.224 e. The van der Waals surface area contributed by atoms with Gasteiger partial charge in [0.05, 0.1) is 5.92 Å². The Labute approximate surface area is 90.8 Å². The number of carbonyl (C=O) groups excluding carboxylic acids is 1. The number of hydrogen-bond donors (Lipinski definition) is 2. The Hall–Kier alpha value is -0.650. The minimum Gasteiger partial charge on any atom is -0.375 e. The Bertz CT molecular complexity index is 235. The van der Waals surface area contributed by atoms with E-state index in [1.165, 1.54) is 0 Å². The highest BCUT2D eigenvalue weighted by molar-refractivity contribution is 5.77. The number of piperazine rings is 1. The zero-order valence-electron chi connectivity index (χ0n) is 9.73. The summed E-state index contributed by atoms with van der Waals surface area (Å²) in [6, 6.07) is 0. The molecule has 0 spiro atoms. The molecule has 1 amide bonds. The highest BCUT2D eigenvalue weighted by Gasteiger charge is 2.39. The molecule has 1 aliphatic heterocycles. The van der Waals surface area contributed by atoms with Crippen LogP contribution in [-0.4, -0.2) is 59.8 Å². The van der Waals surface area contributed by atoms with E-state index < -0.39 is 17.6 Å². The highest BCUT2D eigenvalue weighted by atomic mass is 16.3. The molecule has 0 aromatic heterocycles. The first-order valence-corrected chi connectivity index (χ1v) is 5.31. The second-order valence-electron chi connectivity index (χ2n) is 4.51. The number of nitrogens with zero attached hydrogens (tertiary/aromatic N) is 2. The minimum absolute atomic E-state index is 0.459. The summed E-state index contributed by atoms with van der Waals surface area (Å²) >= 11 is 0. The van der Waals surface area contributed by atoms with Crippen LogP contribution in [0.5, 0.6) is 0 Å². The summed E-state index contributed by atoms with van der Waals surface area (Å²) in [5.74, 6) is -1.01. The van der Waals surface area contributed by atoms with Gasteiger partial charge < -0.3 is 15.7 Å². The van der Waals surface area contributed by atoms with Crippen molar-refractivity contribution in [3.8, 4) is 0 Å². The van der Waals surface area contributed by atoms with Crippen molar-refractivity contribution in [2.24, 2.45) is 11.7 Å². The summed E-state index contributed by atoms with van der Waals surface area (Å²) in [7, 11) is 2.05. The Morgan fingerprint density at radius 1 is 1.40 bits per heavy atom. The fourth-order valence-electron chi connectivity index (χ4n) is 1.80. The Morgan fingerprint density at radius 2 is 1.87 bits per heavy atom. The van der Waals surface area contributed by atoms with Gasteiger partial charge in [0.2, 0.25) is 5.91 Å². The van der Waals surface area contributed by atoms with Crippen LogP contribution in [0.4, 0.5) is 0 Å². The molecule has 1 fully saturated rings. The Balaban J connectivity index is 2.65. The van der Waals surface area contributed by atoms with Gasteiger partial charge in [-0.2, -0.15) is 0 Å². The van der Waals surface area contributed by atoms with Crippen LogP contribution in [0.15, 0.2) is 0 Å². The van der Waals surface area contributed by atoms with E-state index in [1.54, 1.807) is 13.8 Å². The van der Waals surface area contributed by atoms with Crippen molar-refractivity contribution in [1.82, 2.24) is 9.80 Å². The molecular formula is C10H21N3O2. The minimum atomic E-state index is -1.13. The fourth-order valence-corrected chi connectivity index (χ4v) is 1.80. The number of primary amides is 1. The number of likely N-dealkylation sites (N-methyl/N-ethyl adjacent to an activating group) is 1. The van der Waals surface area contributed by atoms with Crippen molar-refractivity contribution in [3.05, 3.63) is 0 Å². The third-order valence-corrected chi connectivity index (χ3v) is 3.39. The van der Waals surface area contributed by atoms with Gasteiger partial charge in [-0.15, -0.1) is 0 Å². The molecule has 3 N–H and O–H groups in total. The molecule has 88 valence electrons. The van der Waals surface area contributed by atoms with Crippen LogP contribution in [0.25, 0.3) is 0 Å². The Morgan fingerprint density at radius 3 is 2.27 bits per heavy atom. The molecule has 5 heteroatoms. The molecule has 0 bridgehead atoms. The van der Waals surface area contributed by atoms with E-state index in [1.807, 2.05) is 11.9 Å². The van der Waals surface area contributed by atoms with Gasteiger partial charge in [0.15, 0.2) is 0 Å². The lowest BCUT2D eigenvalue weighted by molar-refractivity contribution is -0.159. The first kappa shape index (κ1) is 12.4. The van der Waals surface area contributed by atoms with E-state index in [0.29, 0.717) is 0 Å². The monoisotopic (exact) mass is 215 g/mol. The van der Waals surface area contributed by atoms with Crippen LogP contribution >= 0.6 is 0 Å². The normalized spacial score (nSPS) is 25.9. The first-order chi connectivity index (χ1) is 6.85. The number of rotatable bonds is 3. The predicted octanol–water partition coefficient (Wildman–Crippen LogP) is -0.936. The van der Waals surface area contributed by atoms with Crippen molar-refractivity contribution in [2.75, 3.05) is 33.2 Å². The van der Waals surface area contributed by atoms with Crippen LogP contribution in [-0.2, 0) is 4.79 Å². The van der Waals surface area contributed by atoms with Crippen molar-refractivity contribution in [2.45, 2.75) is 19.6 Å². The third-order valence-electron chi connectivity index (χ3n) is 3.39. The molecule has 2 atom stereocenters. The maximum atomic E-state index is 11.1. The van der Waals surface area contributed by atoms with Crippen molar-refractivity contribution in [3.63, 3.8) is 0 Å². The summed E-state index contributed by atoms with van der Waals surface area (Å²) in [5.41, 5.74) is 4.09. The van der Waals surface area contributed by atoms with Gasteiger partial charge in [-0.3, -0.25) is 9.69 Å². The number of carbonyl (C=O) groups is 1. The third kappa shape index (κ3) is 2.68. The van der Waals surface area contributed by atoms with E-state index in [2.05, 4.69) is 4.90 Å². The van der Waals surface area contributed by atoms with Gasteiger partial charge in [0, 0.05) is 26.2 Å². The summed E-state index contributed by atoms with van der Waals surface area (Å²) in [6.45, 7) is 6.67. The molecule has 5 nitrogen and oxygen atoms in total. The number of amides is 1. The molecule has 1 aliphatic rings. The number of nitrogens with two attached hydrogens (primary N) is 1.